The minimum atomic E-state index is -2.13. The lowest BCUT2D eigenvalue weighted by Crippen LogP contribution is -2.30. The molecule has 24 heavy (non-hydrogen) atoms. The zero-order valence-corrected chi connectivity index (χ0v) is 14.5. The van der Waals surface area contributed by atoms with Crippen LogP contribution in [0, 0.1) is 0 Å². The van der Waals surface area contributed by atoms with E-state index in [9.17, 15) is 5.11 Å². The molecule has 3 aromatic rings. The van der Waals surface area contributed by atoms with Gasteiger partial charge in [0.2, 0.25) is 0 Å². The molecule has 0 heterocycles. The molecule has 1 atom stereocenters. The summed E-state index contributed by atoms with van der Waals surface area (Å²) in [5.41, 5.74) is 0. The quantitative estimate of drug-likeness (QED) is 0.573. The molecule has 0 spiro atoms. The van der Waals surface area contributed by atoms with Gasteiger partial charge in [-0.15, -0.1) is 0 Å². The van der Waals surface area contributed by atoms with Crippen LogP contribution in [0.5, 0.6) is 0 Å². The van der Waals surface area contributed by atoms with Crippen LogP contribution in [-0.4, -0.2) is 24.3 Å². The second-order valence-corrected chi connectivity index (χ2v) is 8.80. The zero-order chi connectivity index (χ0) is 16.8. The summed E-state index contributed by atoms with van der Waals surface area (Å²) in [6.45, 7) is -2.13. The van der Waals surface area contributed by atoms with Crippen molar-refractivity contribution in [3.8, 4) is 0 Å². The van der Waals surface area contributed by atoms with Crippen molar-refractivity contribution in [3.05, 3.63) is 91.0 Å². The smallest absolute Gasteiger partial charge is 0.175 e. The Morgan fingerprint density at radius 3 is 1.33 bits per heavy atom. The third-order valence-corrected chi connectivity index (χ3v) is 8.12. The van der Waals surface area contributed by atoms with E-state index in [2.05, 4.69) is 36.4 Å². The van der Waals surface area contributed by atoms with Gasteiger partial charge in [-0.05, 0) is 28.6 Å². The summed E-state index contributed by atoms with van der Waals surface area (Å²) in [5, 5.41) is 13.9. The van der Waals surface area contributed by atoms with Crippen molar-refractivity contribution in [1.82, 2.24) is 0 Å². The van der Waals surface area contributed by atoms with Gasteiger partial charge in [0, 0.05) is 7.11 Å². The lowest BCUT2D eigenvalue weighted by atomic mass is 10.4. The van der Waals surface area contributed by atoms with Crippen LogP contribution in [0.15, 0.2) is 91.0 Å². The molecule has 3 rings (SSSR count). The summed E-state index contributed by atoms with van der Waals surface area (Å²) >= 11 is 0. The Kier molecular flexibility index (Phi) is 5.32. The van der Waals surface area contributed by atoms with Gasteiger partial charge in [0.05, 0.1) is 0 Å². The highest BCUT2D eigenvalue weighted by Gasteiger charge is 2.26. The Morgan fingerprint density at radius 1 is 0.708 bits per heavy atom. The molecule has 0 aliphatic carbocycles. The summed E-state index contributed by atoms with van der Waals surface area (Å²) < 4.78 is 5.20. The summed E-state index contributed by atoms with van der Waals surface area (Å²) in [5.74, 6) is 1.97. The number of hydrogen-bond acceptors (Lipinski definition) is 2. The molecule has 1 unspecified atom stereocenters. The Labute approximate surface area is 143 Å². The molecule has 0 amide bonds. The fourth-order valence-electron chi connectivity index (χ4n) is 2.95. The van der Waals surface area contributed by atoms with E-state index in [1.807, 2.05) is 60.4 Å². The summed E-state index contributed by atoms with van der Waals surface area (Å²) in [6, 6.07) is 31.1. The summed E-state index contributed by atoms with van der Waals surface area (Å²) in [7, 11) is 1.52. The van der Waals surface area contributed by atoms with Gasteiger partial charge < -0.3 is 9.84 Å². The van der Waals surface area contributed by atoms with Crippen LogP contribution in [0.3, 0.4) is 0 Å². The highest BCUT2D eigenvalue weighted by atomic mass is 31.2. The third kappa shape index (κ3) is 3.22. The van der Waals surface area contributed by atoms with Gasteiger partial charge in [-0.3, -0.25) is 0 Å². The van der Waals surface area contributed by atoms with Crippen molar-refractivity contribution in [2.24, 2.45) is 0 Å². The maximum Gasteiger partial charge on any atom is 0.175 e. The average molecular weight is 336 g/mol. The Bertz CT molecular complexity index is 711. The molecule has 1 N–H and O–H groups in total. The first-order valence-corrected chi connectivity index (χ1v) is 9.75. The summed E-state index contributed by atoms with van der Waals surface area (Å²) in [4.78, 5) is 0. The third-order valence-electron chi connectivity index (χ3n) is 4.08. The SMILES string of the molecule is COC(O)C=P(c1ccccc1)(c1ccccc1)c1ccccc1. The number of ether oxygens (including phenoxy) is 1. The predicted molar refractivity (Wildman–Crippen MR) is 104 cm³/mol. The van der Waals surface area contributed by atoms with Gasteiger partial charge in [0.15, 0.2) is 6.29 Å². The molecule has 3 aromatic carbocycles. The normalized spacial score (nSPS) is 12.6. The number of hydrogen-bond donors (Lipinski definition) is 1. The number of benzene rings is 3. The molecule has 0 aromatic heterocycles. The second kappa shape index (κ2) is 7.63. The average Bonchev–Trinajstić information content (AvgIpc) is 2.68. The fraction of sp³-hybridized carbons (Fsp3) is 0.0952. The molecule has 0 bridgehead atoms. The predicted octanol–water partition coefficient (Wildman–Crippen LogP) is 2.75. The van der Waals surface area contributed by atoms with Gasteiger partial charge in [-0.25, -0.2) is 0 Å². The van der Waals surface area contributed by atoms with E-state index in [1.165, 1.54) is 23.0 Å². The van der Waals surface area contributed by atoms with E-state index in [4.69, 9.17) is 4.74 Å². The number of rotatable bonds is 5. The van der Waals surface area contributed by atoms with Crippen molar-refractivity contribution < 1.29 is 9.84 Å². The molecule has 0 saturated carbocycles. The van der Waals surface area contributed by atoms with Gasteiger partial charge in [0.1, 0.15) is 0 Å². The van der Waals surface area contributed by atoms with Gasteiger partial charge >= 0.3 is 0 Å². The Balaban J connectivity index is 2.40. The van der Waals surface area contributed by atoms with Crippen molar-refractivity contribution in [2.75, 3.05) is 7.11 Å². The standard InChI is InChI=1S/C21H21O2P/c1-23-21(22)17-24(18-11-5-2-6-12-18,19-13-7-3-8-14-19)20-15-9-4-10-16-20/h2-17,21-22H,1H3. The van der Waals surface area contributed by atoms with Crippen LogP contribution in [0.2, 0.25) is 0 Å². The highest BCUT2D eigenvalue weighted by molar-refractivity contribution is 7.94. The Hall–Kier alpha value is -2.12. The van der Waals surface area contributed by atoms with Crippen LogP contribution in [-0.2, 0) is 4.74 Å². The molecule has 0 radical (unpaired) electrons. The lowest BCUT2D eigenvalue weighted by Gasteiger charge is -2.29. The number of aliphatic hydroxyl groups excluding tert-OH is 1. The zero-order valence-electron chi connectivity index (χ0n) is 13.6. The molecule has 3 heteroatoms. The van der Waals surface area contributed by atoms with E-state index in [1.54, 1.807) is 0 Å². The minimum Gasteiger partial charge on any atom is -0.365 e. The van der Waals surface area contributed by atoms with Crippen LogP contribution in [0.25, 0.3) is 0 Å². The van der Waals surface area contributed by atoms with Gasteiger partial charge in [-0.1, -0.05) is 91.0 Å². The van der Waals surface area contributed by atoms with E-state index in [-0.39, 0.29) is 0 Å². The van der Waals surface area contributed by atoms with Crippen molar-refractivity contribution in [3.63, 3.8) is 0 Å². The van der Waals surface area contributed by atoms with Crippen molar-refractivity contribution in [2.45, 2.75) is 6.29 Å². The molecule has 122 valence electrons. The first kappa shape index (κ1) is 16.7. The number of aliphatic hydroxyl groups is 1. The number of methoxy groups -OCH3 is 1. The maximum atomic E-state index is 10.3. The first-order valence-electron chi connectivity index (χ1n) is 7.90. The van der Waals surface area contributed by atoms with E-state index < -0.39 is 13.2 Å². The second-order valence-electron chi connectivity index (χ2n) is 5.50. The van der Waals surface area contributed by atoms with Crippen molar-refractivity contribution in [1.29, 1.82) is 0 Å². The van der Waals surface area contributed by atoms with Gasteiger partial charge in [-0.2, -0.15) is 0 Å². The topological polar surface area (TPSA) is 29.5 Å². The molecule has 0 aliphatic rings. The van der Waals surface area contributed by atoms with Crippen LogP contribution in [0.1, 0.15) is 0 Å². The largest absolute Gasteiger partial charge is 0.365 e. The van der Waals surface area contributed by atoms with Gasteiger partial charge in [0.25, 0.3) is 0 Å². The molecule has 0 aliphatic heterocycles. The van der Waals surface area contributed by atoms with E-state index in [0.29, 0.717) is 0 Å². The van der Waals surface area contributed by atoms with Crippen LogP contribution >= 0.6 is 6.89 Å². The summed E-state index contributed by atoms with van der Waals surface area (Å²) in [6.07, 6.45) is -0.932. The highest BCUT2D eigenvalue weighted by Crippen LogP contribution is 2.43. The lowest BCUT2D eigenvalue weighted by molar-refractivity contribution is -0.0147. The maximum absolute atomic E-state index is 10.3. The molecular weight excluding hydrogens is 315 g/mol. The molecule has 0 saturated heterocycles. The van der Waals surface area contributed by atoms with Crippen LogP contribution < -0.4 is 15.9 Å². The van der Waals surface area contributed by atoms with Crippen LogP contribution in [0.4, 0.5) is 0 Å². The first-order chi connectivity index (χ1) is 11.8. The minimum absolute atomic E-state index is 0.932. The molecular formula is C21H21O2P. The van der Waals surface area contributed by atoms with E-state index >= 15 is 0 Å². The fourth-order valence-corrected chi connectivity index (χ4v) is 6.79. The monoisotopic (exact) mass is 336 g/mol. The van der Waals surface area contributed by atoms with Crippen molar-refractivity contribution >= 4 is 28.6 Å². The Morgan fingerprint density at radius 2 is 1.04 bits per heavy atom. The molecule has 2 nitrogen and oxygen atoms in total. The molecule has 0 fully saturated rings. The van der Waals surface area contributed by atoms with E-state index in [0.717, 1.165) is 0 Å².